The van der Waals surface area contributed by atoms with Gasteiger partial charge < -0.3 is 23.7 Å². The van der Waals surface area contributed by atoms with Gasteiger partial charge in [-0.1, -0.05) is 27.7 Å². The van der Waals surface area contributed by atoms with E-state index in [9.17, 15) is 4.79 Å². The molecule has 2 N–H and O–H groups in total. The third-order valence-electron chi connectivity index (χ3n) is 2.74. The number of hydrogen-bond acceptors (Lipinski definition) is 9. The number of hydrogen-bond donors (Lipinski definition) is 1. The number of esters is 1. The molecule has 0 unspecified atom stereocenters. The first kappa shape index (κ1) is 21.1. The fourth-order valence-corrected chi connectivity index (χ4v) is 1.40. The Bertz CT molecular complexity index is 762. The van der Waals surface area contributed by atoms with Gasteiger partial charge in [0.2, 0.25) is 11.8 Å². The van der Waals surface area contributed by atoms with E-state index in [-0.39, 0.29) is 17.5 Å². The summed E-state index contributed by atoms with van der Waals surface area (Å²) in [6.45, 7) is 9.00. The third kappa shape index (κ3) is 5.85. The number of carbonyl (C=O) groups excluding carboxylic acids is 1. The maximum atomic E-state index is 11.2. The Morgan fingerprint density at radius 3 is 2.27 bits per heavy atom. The van der Waals surface area contributed by atoms with Crippen molar-refractivity contribution in [2.24, 2.45) is 11.7 Å². The minimum Gasteiger partial charge on any atom is -0.464 e. The molecule has 26 heavy (non-hydrogen) atoms. The Balaban J connectivity index is 0.000000420. The van der Waals surface area contributed by atoms with Crippen molar-refractivity contribution < 1.29 is 22.8 Å². The number of nitrogens with zero attached hydrogens (tertiary/aromatic N) is 3. The van der Waals surface area contributed by atoms with Crippen LogP contribution in [0.15, 0.2) is 38.4 Å². The minimum atomic E-state index is -0.588. The van der Waals surface area contributed by atoms with Gasteiger partial charge in [-0.2, -0.15) is 0 Å². The molecule has 9 nitrogen and oxygen atoms in total. The van der Waals surface area contributed by atoms with Crippen LogP contribution in [-0.2, 0) is 4.74 Å². The fraction of sp³-hybridized carbons (Fsp3) is 0.412. The van der Waals surface area contributed by atoms with Gasteiger partial charge in [0, 0.05) is 0 Å². The lowest BCUT2D eigenvalue weighted by molar-refractivity contribution is 0.0594. The molecule has 0 aromatic carbocycles. The first-order chi connectivity index (χ1) is 12.5. The number of methoxy groups -OCH3 is 1. The van der Waals surface area contributed by atoms with Crippen LogP contribution in [0.1, 0.15) is 38.2 Å². The average Bonchev–Trinajstić information content (AvgIpc) is 3.43. The van der Waals surface area contributed by atoms with E-state index in [1.54, 1.807) is 0 Å². The van der Waals surface area contributed by atoms with Crippen molar-refractivity contribution in [2.75, 3.05) is 13.7 Å². The molecule has 3 aromatic heterocycles. The summed E-state index contributed by atoms with van der Waals surface area (Å²) in [5.74, 6) is 0.491. The second-order valence-corrected chi connectivity index (χ2v) is 5.07. The Morgan fingerprint density at radius 1 is 1.12 bits per heavy atom. The van der Waals surface area contributed by atoms with E-state index < -0.39 is 5.97 Å². The number of carbonyl (C=O) groups is 1. The average molecular weight is 364 g/mol. The SMILES string of the molecule is CC.CC(C)CN.COC(=O)c1coc(-c2coc(-c3cocn3)n2)n1. The zero-order chi connectivity index (χ0) is 19.5. The topological polar surface area (TPSA) is 130 Å². The number of nitrogens with two attached hydrogens (primary N) is 1. The van der Waals surface area contributed by atoms with Gasteiger partial charge in [-0.15, -0.1) is 0 Å². The van der Waals surface area contributed by atoms with Crippen molar-refractivity contribution in [3.63, 3.8) is 0 Å². The largest absolute Gasteiger partial charge is 0.464 e. The smallest absolute Gasteiger partial charge is 0.360 e. The second kappa shape index (κ2) is 10.8. The van der Waals surface area contributed by atoms with Gasteiger partial charge in [0.25, 0.3) is 0 Å². The first-order valence-electron chi connectivity index (χ1n) is 8.13. The van der Waals surface area contributed by atoms with Crippen LogP contribution in [0.3, 0.4) is 0 Å². The molecule has 0 fully saturated rings. The summed E-state index contributed by atoms with van der Waals surface area (Å²) in [4.78, 5) is 23.2. The lowest BCUT2D eigenvalue weighted by Gasteiger charge is -1.91. The molecular weight excluding hydrogens is 340 g/mol. The van der Waals surface area contributed by atoms with Crippen molar-refractivity contribution in [3.05, 3.63) is 30.9 Å². The van der Waals surface area contributed by atoms with Crippen LogP contribution in [0.5, 0.6) is 0 Å². The summed E-state index contributed by atoms with van der Waals surface area (Å²) in [6, 6.07) is 0. The number of ether oxygens (including phenoxy) is 1. The van der Waals surface area contributed by atoms with Gasteiger partial charge in [-0.25, -0.2) is 19.7 Å². The molecule has 3 heterocycles. The van der Waals surface area contributed by atoms with Crippen molar-refractivity contribution in [1.29, 1.82) is 0 Å². The van der Waals surface area contributed by atoms with E-state index in [4.69, 9.17) is 19.0 Å². The van der Waals surface area contributed by atoms with E-state index in [1.807, 2.05) is 13.8 Å². The molecule has 0 aliphatic heterocycles. The van der Waals surface area contributed by atoms with Crippen molar-refractivity contribution >= 4 is 5.97 Å². The van der Waals surface area contributed by atoms with E-state index in [2.05, 4.69) is 33.5 Å². The highest BCUT2D eigenvalue weighted by molar-refractivity contribution is 5.87. The van der Waals surface area contributed by atoms with Crippen LogP contribution in [0, 0.1) is 5.92 Å². The zero-order valence-corrected chi connectivity index (χ0v) is 15.6. The predicted octanol–water partition coefficient (Wildman–Crippen LogP) is 3.40. The zero-order valence-electron chi connectivity index (χ0n) is 15.6. The summed E-state index contributed by atoms with van der Waals surface area (Å²) >= 11 is 0. The molecule has 0 saturated heterocycles. The van der Waals surface area contributed by atoms with Crippen LogP contribution < -0.4 is 5.73 Å². The summed E-state index contributed by atoms with van der Waals surface area (Å²) in [5.41, 5.74) is 6.02. The molecule has 142 valence electrons. The van der Waals surface area contributed by atoms with Crippen LogP contribution in [0.2, 0.25) is 0 Å². The van der Waals surface area contributed by atoms with Crippen LogP contribution >= 0.6 is 0 Å². The molecule has 0 saturated carbocycles. The summed E-state index contributed by atoms with van der Waals surface area (Å²) in [7, 11) is 1.26. The maximum absolute atomic E-state index is 11.2. The highest BCUT2D eigenvalue weighted by Crippen LogP contribution is 2.23. The summed E-state index contributed by atoms with van der Waals surface area (Å²) < 4.78 is 19.7. The Hall–Kier alpha value is -2.94. The van der Waals surface area contributed by atoms with Gasteiger partial charge in [-0.3, -0.25) is 0 Å². The Kier molecular flexibility index (Phi) is 8.79. The quantitative estimate of drug-likeness (QED) is 0.692. The van der Waals surface area contributed by atoms with Crippen LogP contribution in [0.4, 0.5) is 0 Å². The Labute approximate surface area is 151 Å². The van der Waals surface area contributed by atoms with Crippen molar-refractivity contribution in [2.45, 2.75) is 27.7 Å². The summed E-state index contributed by atoms with van der Waals surface area (Å²) in [6.07, 6.45) is 5.19. The number of oxazole rings is 3. The fourth-order valence-electron chi connectivity index (χ4n) is 1.40. The molecule has 0 bridgehead atoms. The molecule has 3 aromatic rings. The van der Waals surface area contributed by atoms with E-state index in [0.29, 0.717) is 17.3 Å². The molecule has 9 heteroatoms. The maximum Gasteiger partial charge on any atom is 0.360 e. The van der Waals surface area contributed by atoms with Crippen LogP contribution in [-0.4, -0.2) is 34.6 Å². The monoisotopic (exact) mass is 364 g/mol. The van der Waals surface area contributed by atoms with Gasteiger partial charge in [0.15, 0.2) is 23.5 Å². The standard InChI is InChI=1S/C11H7N3O5.C4H11N.C2H6/c1-16-11(15)8-4-19-10(14-8)7-3-18-9(13-7)6-2-17-5-12-6;1-4(2)3-5;1-2/h2-5H,1H3;4H,3,5H2,1-2H3;1-2H3. The van der Waals surface area contributed by atoms with E-state index in [0.717, 1.165) is 6.54 Å². The van der Waals surface area contributed by atoms with Crippen molar-refractivity contribution in [3.8, 4) is 23.2 Å². The number of rotatable bonds is 4. The minimum absolute atomic E-state index is 0.0588. The molecule has 0 atom stereocenters. The van der Waals surface area contributed by atoms with Crippen molar-refractivity contribution in [1.82, 2.24) is 15.0 Å². The van der Waals surface area contributed by atoms with Crippen LogP contribution in [0.25, 0.3) is 23.2 Å². The van der Waals surface area contributed by atoms with E-state index in [1.165, 1.54) is 32.3 Å². The molecule has 3 rings (SSSR count). The molecule has 0 amide bonds. The molecule has 0 aliphatic carbocycles. The molecule has 0 radical (unpaired) electrons. The highest BCUT2D eigenvalue weighted by Gasteiger charge is 2.17. The second-order valence-electron chi connectivity index (χ2n) is 5.07. The first-order valence-corrected chi connectivity index (χ1v) is 8.13. The molecular formula is C17H24N4O5. The third-order valence-corrected chi connectivity index (χ3v) is 2.74. The highest BCUT2D eigenvalue weighted by atomic mass is 16.5. The van der Waals surface area contributed by atoms with Gasteiger partial charge >= 0.3 is 5.97 Å². The lowest BCUT2D eigenvalue weighted by atomic mass is 10.2. The summed E-state index contributed by atoms with van der Waals surface area (Å²) in [5, 5.41) is 0. The molecule has 0 aliphatic rings. The molecule has 0 spiro atoms. The van der Waals surface area contributed by atoms with Gasteiger partial charge in [0.1, 0.15) is 18.8 Å². The van der Waals surface area contributed by atoms with Gasteiger partial charge in [-0.05, 0) is 12.5 Å². The normalized spacial score (nSPS) is 9.81. The van der Waals surface area contributed by atoms with Gasteiger partial charge in [0.05, 0.1) is 7.11 Å². The van der Waals surface area contributed by atoms with E-state index >= 15 is 0 Å². The predicted molar refractivity (Wildman–Crippen MR) is 94.1 cm³/mol. The lowest BCUT2D eigenvalue weighted by Crippen LogP contribution is -2.05. The Morgan fingerprint density at radius 2 is 1.73 bits per heavy atom. The number of aromatic nitrogens is 3.